The molecular weight excluding hydrogens is 520 g/mol. The van der Waals surface area contributed by atoms with Crippen LogP contribution < -0.4 is 6.53 Å². The molecule has 0 aliphatic heterocycles. The number of carbonyl (C=O) groups is 1. The van der Waals surface area contributed by atoms with Gasteiger partial charge in [-0.25, -0.2) is 0 Å². The van der Waals surface area contributed by atoms with Crippen molar-refractivity contribution >= 4 is 32.1 Å². The second kappa shape index (κ2) is 10.7. The van der Waals surface area contributed by atoms with Gasteiger partial charge in [0, 0.05) is 0 Å². The van der Waals surface area contributed by atoms with Crippen LogP contribution in [0.5, 0.6) is 0 Å². The normalized spacial score (nSPS) is 14.1. The van der Waals surface area contributed by atoms with E-state index in [4.69, 9.17) is 17.0 Å². The van der Waals surface area contributed by atoms with Crippen molar-refractivity contribution in [3.8, 4) is 11.1 Å². The zero-order chi connectivity index (χ0) is 22.5. The standard InChI is InChI=1S/C13H9.C10H21NO.C2H7Si.2ClH.Zr/c1-3-7-12-10(5-1)9-11-6-2-4-8-13(11)12;1-2-3-4-5-6-7-8-9-10(11)12;1-3-2;;;/h1-5,7-8H,9H2;2-9H2,1H3,(H2,11,12);3H,1-2H3;2*1H;/q;;;;;+3/p-3. The third-order valence-electron chi connectivity index (χ3n) is 6.73. The number of carbonyl (C=O) groups excluding carboxylic acids is 1. The fourth-order valence-corrected chi connectivity index (χ4v) is 23.0. The van der Waals surface area contributed by atoms with E-state index < -0.39 is 21.8 Å². The fraction of sp³-hybridized carbons (Fsp3) is 0.480. The molecule has 1 N–H and O–H groups in total. The second-order valence-electron chi connectivity index (χ2n) is 9.32. The summed E-state index contributed by atoms with van der Waals surface area (Å²) in [7, 11) is 15.0. The first-order valence-electron chi connectivity index (χ1n) is 11.9. The number of rotatable bonds is 11. The third kappa shape index (κ3) is 5.57. The maximum absolute atomic E-state index is 13.0. The number of benzene rings is 2. The summed E-state index contributed by atoms with van der Waals surface area (Å²) in [6, 6.07) is 14.8. The second-order valence-corrected chi connectivity index (χ2v) is 49.0. The molecule has 2 aromatic carbocycles. The van der Waals surface area contributed by atoms with Gasteiger partial charge in [0.25, 0.3) is 0 Å². The molecule has 31 heavy (non-hydrogen) atoms. The van der Waals surface area contributed by atoms with Crippen LogP contribution in [-0.2, 0) is 27.1 Å². The zero-order valence-electron chi connectivity index (χ0n) is 19.1. The van der Waals surface area contributed by atoms with Gasteiger partial charge < -0.3 is 0 Å². The molecule has 1 aliphatic carbocycles. The number of amides is 1. The molecule has 1 aliphatic rings. The van der Waals surface area contributed by atoms with Crippen LogP contribution in [0.1, 0.15) is 69.4 Å². The SMILES string of the molecule is CCCCCCCCCC(=O)[NH][Zr]([Cl])([Cl])([c]1cccc2c1Cc1ccccc1-2)[SiH](C)C. The van der Waals surface area contributed by atoms with Crippen molar-refractivity contribution in [3.05, 3.63) is 53.6 Å². The van der Waals surface area contributed by atoms with E-state index in [0.29, 0.717) is 6.42 Å². The number of hydrogen-bond donors (Lipinski definition) is 1. The summed E-state index contributed by atoms with van der Waals surface area (Å²) >= 11 is -4.66. The van der Waals surface area contributed by atoms with Crippen LogP contribution in [0.3, 0.4) is 0 Å². The summed E-state index contributed by atoms with van der Waals surface area (Å²) in [5.74, 6) is -1.54. The molecule has 1 amide bonds. The molecule has 6 heteroatoms. The number of halogens is 2. The van der Waals surface area contributed by atoms with Crippen LogP contribution in [0.4, 0.5) is 0 Å². The molecule has 0 atom stereocenters. The predicted molar refractivity (Wildman–Crippen MR) is 136 cm³/mol. The Balaban J connectivity index is 1.76. The van der Waals surface area contributed by atoms with Crippen LogP contribution in [-0.4, -0.2) is 11.8 Å². The van der Waals surface area contributed by atoms with Gasteiger partial charge in [0.1, 0.15) is 0 Å². The Kier molecular flexibility index (Phi) is 8.69. The molecule has 0 aromatic heterocycles. The van der Waals surface area contributed by atoms with Crippen molar-refractivity contribution in [2.24, 2.45) is 0 Å². The minimum atomic E-state index is -4.66. The quantitative estimate of drug-likeness (QED) is 0.199. The molecule has 169 valence electrons. The number of fused-ring (bicyclic) bond motifs is 3. The summed E-state index contributed by atoms with van der Waals surface area (Å²) in [6.07, 6.45) is 9.71. The molecular formula is C25H36Cl2NOSiZr. The minimum absolute atomic E-state index is 0.0403. The van der Waals surface area contributed by atoms with Gasteiger partial charge in [0.2, 0.25) is 0 Å². The van der Waals surface area contributed by atoms with Crippen molar-refractivity contribution in [2.45, 2.75) is 77.8 Å². The van der Waals surface area contributed by atoms with Crippen LogP contribution in [0.2, 0.25) is 13.1 Å². The van der Waals surface area contributed by atoms with Crippen molar-refractivity contribution in [1.82, 2.24) is 3.26 Å². The van der Waals surface area contributed by atoms with E-state index in [9.17, 15) is 4.79 Å². The molecule has 0 unspecified atom stereocenters. The zero-order valence-corrected chi connectivity index (χ0v) is 24.3. The predicted octanol–water partition coefficient (Wildman–Crippen LogP) is 7.04. The van der Waals surface area contributed by atoms with E-state index in [1.807, 2.05) is 0 Å². The molecule has 0 saturated heterocycles. The van der Waals surface area contributed by atoms with Crippen LogP contribution in [0.25, 0.3) is 11.1 Å². The molecule has 0 radical (unpaired) electrons. The fourth-order valence-electron chi connectivity index (χ4n) is 4.67. The first-order chi connectivity index (χ1) is 14.8. The molecule has 0 saturated carbocycles. The third-order valence-corrected chi connectivity index (χ3v) is 50.8. The molecule has 2 nitrogen and oxygen atoms in total. The Morgan fingerprint density at radius 1 is 0.935 bits per heavy atom. The first-order valence-corrected chi connectivity index (χ1v) is 27.8. The van der Waals surface area contributed by atoms with E-state index in [2.05, 4.69) is 65.7 Å². The van der Waals surface area contributed by atoms with E-state index in [1.165, 1.54) is 54.4 Å². The number of unbranched alkanes of at least 4 members (excludes halogenated alkanes) is 6. The summed E-state index contributed by atoms with van der Waals surface area (Å²) in [5.41, 5.74) is 5.04. The maximum atomic E-state index is 13.0. The Morgan fingerprint density at radius 3 is 2.29 bits per heavy atom. The molecule has 0 bridgehead atoms. The summed E-state index contributed by atoms with van der Waals surface area (Å²) < 4.78 is 4.38. The van der Waals surface area contributed by atoms with Crippen molar-refractivity contribution in [3.63, 3.8) is 0 Å². The van der Waals surface area contributed by atoms with Crippen LogP contribution in [0.15, 0.2) is 42.5 Å². The Labute approximate surface area is 197 Å². The van der Waals surface area contributed by atoms with Gasteiger partial charge in [-0.1, -0.05) is 0 Å². The average Bonchev–Trinajstić information content (AvgIpc) is 3.11. The summed E-state index contributed by atoms with van der Waals surface area (Å²) in [4.78, 5) is 13.0. The van der Waals surface area contributed by atoms with Gasteiger partial charge >= 0.3 is 199 Å². The van der Waals surface area contributed by atoms with Crippen molar-refractivity contribution in [1.29, 1.82) is 0 Å². The van der Waals surface area contributed by atoms with Crippen LogP contribution in [0, 0.1) is 0 Å². The van der Waals surface area contributed by atoms with Crippen molar-refractivity contribution in [2.75, 3.05) is 0 Å². The average molecular weight is 557 g/mol. The van der Waals surface area contributed by atoms with Gasteiger partial charge in [-0.15, -0.1) is 0 Å². The van der Waals surface area contributed by atoms with E-state index >= 15 is 0 Å². The number of nitrogens with one attached hydrogen (secondary N) is 1. The Hall–Kier alpha value is -0.410. The van der Waals surface area contributed by atoms with Crippen molar-refractivity contribution < 1.29 is 20.6 Å². The van der Waals surface area contributed by atoms with E-state index in [0.717, 1.165) is 22.5 Å². The Morgan fingerprint density at radius 2 is 1.58 bits per heavy atom. The Bertz CT molecular complexity index is 931. The molecule has 3 rings (SSSR count). The molecule has 0 fully saturated rings. The monoisotopic (exact) mass is 554 g/mol. The number of hydrogen-bond acceptors (Lipinski definition) is 1. The van der Waals surface area contributed by atoms with Gasteiger partial charge in [-0.2, -0.15) is 0 Å². The van der Waals surface area contributed by atoms with E-state index in [1.54, 1.807) is 0 Å². The first kappa shape index (κ1) is 25.2. The molecule has 0 spiro atoms. The molecule has 2 aromatic rings. The summed E-state index contributed by atoms with van der Waals surface area (Å²) in [5, 5.41) is 0. The van der Waals surface area contributed by atoms with Gasteiger partial charge in [-0.3, -0.25) is 0 Å². The van der Waals surface area contributed by atoms with Crippen LogP contribution >= 0.6 is 17.0 Å². The molecule has 0 heterocycles. The van der Waals surface area contributed by atoms with E-state index in [-0.39, 0.29) is 5.91 Å². The summed E-state index contributed by atoms with van der Waals surface area (Å²) in [6.45, 7) is 6.62. The van der Waals surface area contributed by atoms with Gasteiger partial charge in [-0.05, 0) is 0 Å². The topological polar surface area (TPSA) is 29.1 Å². The van der Waals surface area contributed by atoms with Gasteiger partial charge in [0.15, 0.2) is 0 Å². The van der Waals surface area contributed by atoms with Gasteiger partial charge in [0.05, 0.1) is 0 Å².